The van der Waals surface area contributed by atoms with Gasteiger partial charge < -0.3 is 5.11 Å². The molecule has 0 atom stereocenters. The number of alkyl halides is 3. The molecule has 0 saturated heterocycles. The predicted octanol–water partition coefficient (Wildman–Crippen LogP) is 6.21. The van der Waals surface area contributed by atoms with Crippen LogP contribution in [0.2, 0.25) is 10.0 Å². The third-order valence-electron chi connectivity index (χ3n) is 4.54. The van der Waals surface area contributed by atoms with E-state index < -0.39 is 17.7 Å². The molecule has 2 aromatic carbocycles. The fraction of sp³-hybridized carbons (Fsp3) is 0.300. The highest BCUT2D eigenvalue weighted by molar-refractivity contribution is 6.35. The van der Waals surface area contributed by atoms with Crippen molar-refractivity contribution in [2.24, 2.45) is 0 Å². The van der Waals surface area contributed by atoms with E-state index in [1.807, 2.05) is 0 Å². The van der Waals surface area contributed by atoms with E-state index in [-0.39, 0.29) is 13.0 Å². The average molecular weight is 445 g/mol. The number of rotatable bonds is 7. The molecule has 4 nitrogen and oxygen atoms in total. The van der Waals surface area contributed by atoms with Crippen LogP contribution in [0.15, 0.2) is 36.4 Å². The zero-order valence-corrected chi connectivity index (χ0v) is 16.7. The van der Waals surface area contributed by atoms with Crippen LogP contribution in [0.4, 0.5) is 13.2 Å². The van der Waals surface area contributed by atoms with Crippen molar-refractivity contribution in [3.63, 3.8) is 0 Å². The van der Waals surface area contributed by atoms with Gasteiger partial charge in [0, 0.05) is 21.9 Å². The average Bonchev–Trinajstić information content (AvgIpc) is 2.97. The maximum absolute atomic E-state index is 13.2. The second-order valence-electron chi connectivity index (χ2n) is 6.67. The van der Waals surface area contributed by atoms with Gasteiger partial charge in [0.25, 0.3) is 0 Å². The number of benzene rings is 2. The number of carboxylic acid groups (broad SMARTS) is 1. The zero-order valence-electron chi connectivity index (χ0n) is 15.1. The molecule has 9 heteroatoms. The second-order valence-corrected chi connectivity index (χ2v) is 7.51. The number of aryl methyl sites for hydroxylation is 1. The van der Waals surface area contributed by atoms with Crippen molar-refractivity contribution in [3.8, 4) is 0 Å². The molecule has 0 spiro atoms. The lowest BCUT2D eigenvalue weighted by molar-refractivity contribution is -0.138. The molecule has 1 N–H and O–H groups in total. The lowest BCUT2D eigenvalue weighted by Crippen LogP contribution is -2.05. The number of halogens is 5. The Morgan fingerprint density at radius 2 is 1.86 bits per heavy atom. The fourth-order valence-corrected chi connectivity index (χ4v) is 3.58. The van der Waals surface area contributed by atoms with Gasteiger partial charge in [0.2, 0.25) is 0 Å². The van der Waals surface area contributed by atoms with Crippen LogP contribution in [0.1, 0.15) is 36.1 Å². The van der Waals surface area contributed by atoms with Crippen molar-refractivity contribution < 1.29 is 23.1 Å². The Kier molecular flexibility index (Phi) is 6.39. The van der Waals surface area contributed by atoms with E-state index in [1.165, 1.54) is 6.07 Å². The summed E-state index contributed by atoms with van der Waals surface area (Å²) in [6.07, 6.45) is -3.14. The smallest absolute Gasteiger partial charge is 0.416 e. The summed E-state index contributed by atoms with van der Waals surface area (Å²) in [5.41, 5.74) is 1.04. The number of hydrogen-bond donors (Lipinski definition) is 1. The van der Waals surface area contributed by atoms with E-state index in [0.717, 1.165) is 17.7 Å². The molecule has 0 amide bonds. The van der Waals surface area contributed by atoms with Gasteiger partial charge in [-0.1, -0.05) is 29.3 Å². The number of hydrogen-bond acceptors (Lipinski definition) is 2. The molecule has 0 fully saturated rings. The predicted molar refractivity (Wildman–Crippen MR) is 105 cm³/mol. The SMILES string of the molecule is O=C(O)CCCCc1nn(Cc2ccc(Cl)cc2Cl)c2ccc(C(F)(F)F)cc12. The molecule has 3 rings (SSSR count). The molecule has 0 radical (unpaired) electrons. The highest BCUT2D eigenvalue weighted by Crippen LogP contribution is 2.33. The first-order valence-electron chi connectivity index (χ1n) is 8.87. The standard InChI is InChI=1S/C20H17Cl2F3N2O2/c21-14-7-5-12(16(22)10-14)11-27-18-8-6-13(20(23,24)25)9-15(18)17(26-27)3-1-2-4-19(28)29/h5-10H,1-4,11H2,(H,28,29). The van der Waals surface area contributed by atoms with E-state index >= 15 is 0 Å². The minimum Gasteiger partial charge on any atom is -0.481 e. The van der Waals surface area contributed by atoms with Crippen LogP contribution in [-0.4, -0.2) is 20.9 Å². The first kappa shape index (κ1) is 21.5. The summed E-state index contributed by atoms with van der Waals surface area (Å²) in [5, 5.41) is 14.6. The van der Waals surface area contributed by atoms with Crippen molar-refractivity contribution >= 4 is 40.1 Å². The Hall–Kier alpha value is -2.25. The largest absolute Gasteiger partial charge is 0.481 e. The monoisotopic (exact) mass is 444 g/mol. The van der Waals surface area contributed by atoms with Crippen molar-refractivity contribution in [1.82, 2.24) is 9.78 Å². The molecule has 0 unspecified atom stereocenters. The molecular formula is C20H17Cl2F3N2O2. The van der Waals surface area contributed by atoms with Gasteiger partial charge >= 0.3 is 12.1 Å². The van der Waals surface area contributed by atoms with Crippen LogP contribution in [0.5, 0.6) is 0 Å². The van der Waals surface area contributed by atoms with E-state index in [2.05, 4.69) is 5.10 Å². The molecule has 0 saturated carbocycles. The Morgan fingerprint density at radius 3 is 2.52 bits per heavy atom. The molecule has 0 aliphatic heterocycles. The number of carbonyl (C=O) groups is 1. The third kappa shape index (κ3) is 5.22. The van der Waals surface area contributed by atoms with Gasteiger partial charge in [-0.3, -0.25) is 9.48 Å². The normalized spacial score (nSPS) is 11.9. The number of aromatic nitrogens is 2. The second kappa shape index (κ2) is 8.63. The number of fused-ring (bicyclic) bond motifs is 1. The van der Waals surface area contributed by atoms with Gasteiger partial charge in [-0.05, 0) is 55.2 Å². The van der Waals surface area contributed by atoms with Crippen LogP contribution in [0.3, 0.4) is 0 Å². The van der Waals surface area contributed by atoms with Crippen LogP contribution in [-0.2, 0) is 23.9 Å². The summed E-state index contributed by atoms with van der Waals surface area (Å²) >= 11 is 12.1. The zero-order chi connectivity index (χ0) is 21.2. The van der Waals surface area contributed by atoms with Crippen molar-refractivity contribution in [3.05, 3.63) is 63.3 Å². The molecule has 0 bridgehead atoms. The van der Waals surface area contributed by atoms with Crippen LogP contribution in [0.25, 0.3) is 10.9 Å². The van der Waals surface area contributed by atoms with Crippen molar-refractivity contribution in [2.45, 2.75) is 38.4 Å². The van der Waals surface area contributed by atoms with Gasteiger partial charge in [-0.25, -0.2) is 0 Å². The van der Waals surface area contributed by atoms with Gasteiger partial charge in [-0.2, -0.15) is 18.3 Å². The van der Waals surface area contributed by atoms with E-state index in [0.29, 0.717) is 45.9 Å². The molecule has 1 heterocycles. The Balaban J connectivity index is 1.97. The summed E-state index contributed by atoms with van der Waals surface area (Å²) in [6.45, 7) is 0.271. The van der Waals surface area contributed by atoms with Crippen molar-refractivity contribution in [2.75, 3.05) is 0 Å². The number of aliphatic carboxylic acids is 1. The summed E-state index contributed by atoms with van der Waals surface area (Å²) in [5.74, 6) is -0.905. The maximum atomic E-state index is 13.2. The first-order valence-corrected chi connectivity index (χ1v) is 9.63. The Labute approximate surface area is 174 Å². The maximum Gasteiger partial charge on any atom is 0.416 e. The summed E-state index contributed by atoms with van der Waals surface area (Å²) in [6, 6.07) is 8.54. The van der Waals surface area contributed by atoms with Crippen LogP contribution < -0.4 is 0 Å². The Bertz CT molecular complexity index is 1050. The topological polar surface area (TPSA) is 55.1 Å². The summed E-state index contributed by atoms with van der Waals surface area (Å²) in [4.78, 5) is 10.7. The van der Waals surface area contributed by atoms with Crippen molar-refractivity contribution in [1.29, 1.82) is 0 Å². The third-order valence-corrected chi connectivity index (χ3v) is 5.13. The van der Waals surface area contributed by atoms with Gasteiger partial charge in [0.05, 0.1) is 23.3 Å². The molecule has 3 aromatic rings. The van der Waals surface area contributed by atoms with Gasteiger partial charge in [0.1, 0.15) is 0 Å². The minimum atomic E-state index is -4.46. The number of carboxylic acids is 1. The Morgan fingerprint density at radius 1 is 1.10 bits per heavy atom. The fourth-order valence-electron chi connectivity index (χ4n) is 3.11. The lowest BCUT2D eigenvalue weighted by Gasteiger charge is -2.08. The minimum absolute atomic E-state index is 0.00677. The summed E-state index contributed by atoms with van der Waals surface area (Å²) < 4.78 is 41.1. The quantitative estimate of drug-likeness (QED) is 0.440. The van der Waals surface area contributed by atoms with Crippen LogP contribution in [0, 0.1) is 0 Å². The molecule has 0 aliphatic carbocycles. The number of nitrogens with zero attached hydrogens (tertiary/aromatic N) is 2. The van der Waals surface area contributed by atoms with E-state index in [1.54, 1.807) is 22.9 Å². The lowest BCUT2D eigenvalue weighted by atomic mass is 10.1. The molecule has 1 aromatic heterocycles. The molecule has 0 aliphatic rings. The molecule has 154 valence electrons. The van der Waals surface area contributed by atoms with E-state index in [9.17, 15) is 18.0 Å². The molecule has 29 heavy (non-hydrogen) atoms. The highest BCUT2D eigenvalue weighted by Gasteiger charge is 2.31. The summed E-state index contributed by atoms with van der Waals surface area (Å²) in [7, 11) is 0. The van der Waals surface area contributed by atoms with Crippen LogP contribution >= 0.6 is 23.2 Å². The highest BCUT2D eigenvalue weighted by atomic mass is 35.5. The van der Waals surface area contributed by atoms with Gasteiger partial charge in [-0.15, -0.1) is 0 Å². The van der Waals surface area contributed by atoms with Gasteiger partial charge in [0.15, 0.2) is 0 Å². The van der Waals surface area contributed by atoms with E-state index in [4.69, 9.17) is 28.3 Å². The first-order chi connectivity index (χ1) is 13.6. The number of unbranched alkanes of at least 4 members (excludes halogenated alkanes) is 1. The molecular weight excluding hydrogens is 428 g/mol.